The Hall–Kier alpha value is -1.50. The minimum atomic E-state index is -0.638. The molecule has 1 aromatic carbocycles. The fourth-order valence-electron chi connectivity index (χ4n) is 3.60. The quantitative estimate of drug-likeness (QED) is 0.635. The van der Waals surface area contributed by atoms with Gasteiger partial charge in [0.1, 0.15) is 15.6 Å². The molecule has 3 atom stereocenters. The molecule has 1 heterocycles. The number of carbonyl (C=O) groups excluding carboxylic acids is 2. The van der Waals surface area contributed by atoms with Crippen LogP contribution in [0.15, 0.2) is 12.1 Å². The van der Waals surface area contributed by atoms with Crippen molar-refractivity contribution in [2.45, 2.75) is 39.2 Å². The summed E-state index contributed by atoms with van der Waals surface area (Å²) in [7, 11) is 1.52. The molecule has 0 saturated heterocycles. The molecule has 28 heavy (non-hydrogen) atoms. The first-order chi connectivity index (χ1) is 13.3. The third kappa shape index (κ3) is 4.24. The average molecular weight is 444 g/mol. The largest absolute Gasteiger partial charge is 0.495 e. The second-order valence-electron chi connectivity index (χ2n) is 7.22. The number of amides is 1. The molecule has 3 unspecified atom stereocenters. The second kappa shape index (κ2) is 8.89. The van der Waals surface area contributed by atoms with Crippen molar-refractivity contribution in [3.8, 4) is 5.75 Å². The van der Waals surface area contributed by atoms with Crippen LogP contribution < -0.4 is 10.1 Å². The Morgan fingerprint density at radius 3 is 2.68 bits per heavy atom. The van der Waals surface area contributed by atoms with Crippen molar-refractivity contribution in [1.29, 1.82) is 0 Å². The van der Waals surface area contributed by atoms with Gasteiger partial charge in [-0.2, -0.15) is 0 Å². The number of thiophene rings is 1. The van der Waals surface area contributed by atoms with E-state index < -0.39 is 5.97 Å². The minimum absolute atomic E-state index is 0.120. The summed E-state index contributed by atoms with van der Waals surface area (Å²) >= 11 is 13.8. The molecular weight excluding hydrogens is 421 g/mol. The van der Waals surface area contributed by atoms with Gasteiger partial charge in [-0.3, -0.25) is 4.79 Å². The van der Waals surface area contributed by atoms with Gasteiger partial charge in [0, 0.05) is 11.4 Å². The lowest BCUT2D eigenvalue weighted by Gasteiger charge is -2.34. The number of methoxy groups -OCH3 is 1. The molecule has 1 fully saturated rings. The number of fused-ring (bicyclic) bond motifs is 1. The van der Waals surface area contributed by atoms with Gasteiger partial charge >= 0.3 is 5.97 Å². The van der Waals surface area contributed by atoms with E-state index in [4.69, 9.17) is 32.7 Å². The van der Waals surface area contributed by atoms with Crippen LogP contribution >= 0.6 is 34.5 Å². The van der Waals surface area contributed by atoms with Gasteiger partial charge in [0.25, 0.3) is 5.91 Å². The molecule has 1 N–H and O–H groups in total. The first-order valence-electron chi connectivity index (χ1n) is 9.24. The average Bonchev–Trinajstić information content (AvgIpc) is 3.01. The number of carbonyl (C=O) groups is 2. The zero-order valence-corrected chi connectivity index (χ0v) is 18.3. The zero-order valence-electron chi connectivity index (χ0n) is 16.0. The van der Waals surface area contributed by atoms with Gasteiger partial charge in [-0.15, -0.1) is 11.3 Å². The molecule has 1 aliphatic rings. The van der Waals surface area contributed by atoms with Crippen molar-refractivity contribution in [2.24, 2.45) is 11.8 Å². The van der Waals surface area contributed by atoms with Gasteiger partial charge in [0.15, 0.2) is 6.61 Å². The van der Waals surface area contributed by atoms with Crippen LogP contribution in [0.4, 0.5) is 0 Å². The fraction of sp³-hybridized carbons (Fsp3) is 0.500. The van der Waals surface area contributed by atoms with E-state index in [1.807, 2.05) is 0 Å². The van der Waals surface area contributed by atoms with Crippen molar-refractivity contribution in [3.05, 3.63) is 27.1 Å². The zero-order chi connectivity index (χ0) is 20.4. The van der Waals surface area contributed by atoms with Crippen LogP contribution in [0.1, 0.15) is 42.8 Å². The Morgan fingerprint density at radius 1 is 1.21 bits per heavy atom. The predicted octanol–water partition coefficient (Wildman–Crippen LogP) is 5.31. The molecule has 3 rings (SSSR count). The number of rotatable bonds is 5. The summed E-state index contributed by atoms with van der Waals surface area (Å²) in [4.78, 5) is 24.9. The van der Waals surface area contributed by atoms with E-state index in [1.54, 1.807) is 12.1 Å². The van der Waals surface area contributed by atoms with E-state index in [1.165, 1.54) is 13.5 Å². The lowest BCUT2D eigenvalue weighted by molar-refractivity contribution is -0.125. The molecule has 1 saturated carbocycles. The van der Waals surface area contributed by atoms with Gasteiger partial charge in [-0.05, 0) is 30.4 Å². The SMILES string of the molecule is COc1ccc2c(Cl)c(C(=O)OCC(=O)NC3CCCC(C)C3C)sc2c1Cl. The smallest absolute Gasteiger partial charge is 0.350 e. The summed E-state index contributed by atoms with van der Waals surface area (Å²) in [6.45, 7) is 4.01. The summed E-state index contributed by atoms with van der Waals surface area (Å²) in [6, 6.07) is 3.56. The second-order valence-corrected chi connectivity index (χ2v) is 9.00. The number of esters is 1. The molecule has 1 aliphatic carbocycles. The van der Waals surface area contributed by atoms with Crippen LogP contribution in [0.25, 0.3) is 10.1 Å². The van der Waals surface area contributed by atoms with Crippen molar-refractivity contribution in [3.63, 3.8) is 0 Å². The first kappa shape index (κ1) is 21.2. The lowest BCUT2D eigenvalue weighted by atomic mass is 9.78. The summed E-state index contributed by atoms with van der Waals surface area (Å²) in [5, 5.41) is 4.30. The van der Waals surface area contributed by atoms with Crippen molar-refractivity contribution < 1.29 is 19.1 Å². The van der Waals surface area contributed by atoms with E-state index in [0.29, 0.717) is 32.7 Å². The standard InChI is InChI=1S/C20H23Cl2NO4S/c1-10-5-4-6-13(11(10)2)23-15(24)9-27-20(25)19-16(21)12-7-8-14(26-3)17(22)18(12)28-19/h7-8,10-11,13H,4-6,9H2,1-3H3,(H,23,24). The van der Waals surface area contributed by atoms with E-state index in [-0.39, 0.29) is 28.5 Å². The highest BCUT2D eigenvalue weighted by Crippen LogP contribution is 2.43. The van der Waals surface area contributed by atoms with E-state index in [9.17, 15) is 9.59 Å². The van der Waals surface area contributed by atoms with Crippen molar-refractivity contribution in [1.82, 2.24) is 5.32 Å². The molecule has 0 spiro atoms. The van der Waals surface area contributed by atoms with Crippen LogP contribution in [0, 0.1) is 11.8 Å². The molecule has 0 bridgehead atoms. The van der Waals surface area contributed by atoms with Gasteiger partial charge in [-0.25, -0.2) is 4.79 Å². The Balaban J connectivity index is 1.65. The third-order valence-electron chi connectivity index (χ3n) is 5.49. The summed E-state index contributed by atoms with van der Waals surface area (Å²) < 4.78 is 11.0. The van der Waals surface area contributed by atoms with E-state index >= 15 is 0 Å². The monoisotopic (exact) mass is 443 g/mol. The van der Waals surface area contributed by atoms with E-state index in [2.05, 4.69) is 19.2 Å². The van der Waals surface area contributed by atoms with Crippen LogP contribution in [0.2, 0.25) is 10.0 Å². The molecule has 1 aromatic heterocycles. The number of hydrogen-bond acceptors (Lipinski definition) is 5. The highest BCUT2D eigenvalue weighted by atomic mass is 35.5. The Bertz CT molecular complexity index is 898. The summed E-state index contributed by atoms with van der Waals surface area (Å²) in [5.41, 5.74) is 0. The highest BCUT2D eigenvalue weighted by molar-refractivity contribution is 7.22. The lowest BCUT2D eigenvalue weighted by Crippen LogP contribution is -2.45. The maximum Gasteiger partial charge on any atom is 0.350 e. The molecule has 1 amide bonds. The number of nitrogens with one attached hydrogen (secondary N) is 1. The normalized spacial score (nSPS) is 22.1. The number of halogens is 2. The molecule has 0 aliphatic heterocycles. The molecule has 2 aromatic rings. The first-order valence-corrected chi connectivity index (χ1v) is 10.8. The van der Waals surface area contributed by atoms with E-state index in [0.717, 1.165) is 24.2 Å². The van der Waals surface area contributed by atoms with Crippen LogP contribution in [-0.4, -0.2) is 31.6 Å². The maximum atomic E-state index is 12.5. The van der Waals surface area contributed by atoms with Gasteiger partial charge in [0.2, 0.25) is 0 Å². The molecule has 8 heteroatoms. The Labute approximate surface area is 178 Å². The van der Waals surface area contributed by atoms with Gasteiger partial charge < -0.3 is 14.8 Å². The summed E-state index contributed by atoms with van der Waals surface area (Å²) in [6.07, 6.45) is 3.23. The van der Waals surface area contributed by atoms with Crippen molar-refractivity contribution >= 4 is 56.5 Å². The van der Waals surface area contributed by atoms with Crippen molar-refractivity contribution in [2.75, 3.05) is 13.7 Å². The molecule has 152 valence electrons. The Kier molecular flexibility index (Phi) is 6.73. The minimum Gasteiger partial charge on any atom is -0.495 e. The van der Waals surface area contributed by atoms with Crippen LogP contribution in [0.3, 0.4) is 0 Å². The molecule has 0 radical (unpaired) electrons. The maximum absolute atomic E-state index is 12.5. The fourth-order valence-corrected chi connectivity index (χ4v) is 5.38. The predicted molar refractivity (Wildman–Crippen MR) is 113 cm³/mol. The molecule has 5 nitrogen and oxygen atoms in total. The topological polar surface area (TPSA) is 64.6 Å². The third-order valence-corrected chi connectivity index (χ3v) is 7.69. The van der Waals surface area contributed by atoms with Crippen LogP contribution in [0.5, 0.6) is 5.75 Å². The van der Waals surface area contributed by atoms with Gasteiger partial charge in [0.05, 0.1) is 16.8 Å². The number of hydrogen-bond donors (Lipinski definition) is 1. The van der Waals surface area contributed by atoms with Crippen LogP contribution in [-0.2, 0) is 9.53 Å². The Morgan fingerprint density at radius 2 is 1.96 bits per heavy atom. The number of ether oxygens (including phenoxy) is 2. The highest BCUT2D eigenvalue weighted by Gasteiger charge is 2.28. The van der Waals surface area contributed by atoms with Gasteiger partial charge in [-0.1, -0.05) is 49.9 Å². The number of benzene rings is 1. The summed E-state index contributed by atoms with van der Waals surface area (Å²) in [5.74, 6) is 0.545. The molecular formula is C20H23Cl2NO4S.